The summed E-state index contributed by atoms with van der Waals surface area (Å²) in [5.74, 6) is 0.167. The number of carbonyl (C=O) groups excluding carboxylic acids is 2. The molecule has 0 saturated heterocycles. The molecule has 2 rings (SSSR count). The number of nitrogens with zero attached hydrogens (tertiary/aromatic N) is 1. The summed E-state index contributed by atoms with van der Waals surface area (Å²) in [6.45, 7) is 24.5. The fraction of sp³-hybridized carbons (Fsp3) is 0.909. The fourth-order valence-corrected chi connectivity index (χ4v) is 9.68. The van der Waals surface area contributed by atoms with E-state index in [4.69, 9.17) is 14.2 Å². The molecule has 5 unspecified atom stereocenters. The van der Waals surface area contributed by atoms with Gasteiger partial charge in [0, 0.05) is 29.1 Å². The van der Waals surface area contributed by atoms with Crippen molar-refractivity contribution in [1.82, 2.24) is 4.90 Å². The lowest BCUT2D eigenvalue weighted by Crippen LogP contribution is -2.52. The minimum Gasteiger partial charge on any atom is -0.498 e. The predicted octanol–water partition coefficient (Wildman–Crippen LogP) is 11.9. The van der Waals surface area contributed by atoms with Crippen molar-refractivity contribution in [2.75, 3.05) is 39.5 Å². The number of fused-ring (bicyclic) bond motifs is 2. The first-order chi connectivity index (χ1) is 24.5. The van der Waals surface area contributed by atoms with E-state index in [1.807, 2.05) is 0 Å². The molecule has 304 valence electrons. The topological polar surface area (TPSA) is 65.1 Å². The molecule has 2 saturated carbocycles. The minimum absolute atomic E-state index is 0.162. The van der Waals surface area contributed by atoms with Crippen molar-refractivity contribution in [2.24, 2.45) is 22.2 Å². The first kappa shape index (κ1) is 46.5. The molecule has 0 radical (unpaired) electrons. The molecule has 2 fully saturated rings. The molecule has 2 aliphatic rings. The quantitative estimate of drug-likeness (QED) is 0.0452. The van der Waals surface area contributed by atoms with E-state index < -0.39 is 17.3 Å². The summed E-state index contributed by atoms with van der Waals surface area (Å²) in [5, 5.41) is 0. The van der Waals surface area contributed by atoms with Gasteiger partial charge in [-0.1, -0.05) is 106 Å². The lowest BCUT2D eigenvalue weighted by atomic mass is 9.49. The van der Waals surface area contributed by atoms with Crippen molar-refractivity contribution in [3.05, 3.63) is 12.3 Å². The third-order valence-electron chi connectivity index (χ3n) is 11.9. The van der Waals surface area contributed by atoms with E-state index in [0.717, 1.165) is 110 Å². The minimum atomic E-state index is -1.54. The molecule has 0 N–H and O–H groups in total. The SMILES string of the molecule is C=C(CC(C)(F)CCCC)OCC1(C)CC2CC(C)(COC(=O)CCCN(CC)CC)CC(COC(=O)CC(F)(CCCCC)CCCCC)(C2)C1. The molecule has 0 spiro atoms. The lowest BCUT2D eigenvalue weighted by molar-refractivity contribution is -0.167. The van der Waals surface area contributed by atoms with Crippen LogP contribution in [0.15, 0.2) is 12.3 Å². The first-order valence-corrected chi connectivity index (χ1v) is 21.2. The Hall–Kier alpha value is -1.70. The Bertz CT molecular complexity index is 1070. The molecule has 0 aromatic carbocycles. The molecule has 0 aromatic rings. The Kier molecular flexibility index (Phi) is 19.7. The fourth-order valence-electron chi connectivity index (χ4n) is 9.68. The van der Waals surface area contributed by atoms with Gasteiger partial charge in [-0.05, 0) is 90.3 Å². The number of hydrogen-bond acceptors (Lipinski definition) is 6. The third kappa shape index (κ3) is 16.8. The highest BCUT2D eigenvalue weighted by molar-refractivity contribution is 5.70. The maximum Gasteiger partial charge on any atom is 0.309 e. The van der Waals surface area contributed by atoms with Crippen LogP contribution in [0, 0.1) is 22.2 Å². The first-order valence-electron chi connectivity index (χ1n) is 21.2. The van der Waals surface area contributed by atoms with E-state index in [2.05, 4.69) is 59.9 Å². The number of halogens is 2. The summed E-state index contributed by atoms with van der Waals surface area (Å²) >= 11 is 0. The number of unbranched alkanes of at least 4 members (excludes halogenated alkanes) is 5. The second kappa shape index (κ2) is 22.0. The van der Waals surface area contributed by atoms with Gasteiger partial charge in [-0.15, -0.1) is 0 Å². The second-order valence-electron chi connectivity index (χ2n) is 18.2. The van der Waals surface area contributed by atoms with Crippen LogP contribution in [0.4, 0.5) is 8.78 Å². The Morgan fingerprint density at radius 2 is 1.25 bits per heavy atom. The molecular formula is C44H79F2NO5. The highest BCUT2D eigenvalue weighted by atomic mass is 19.1. The maximum absolute atomic E-state index is 16.3. The number of alkyl halides is 2. The predicted molar refractivity (Wildman–Crippen MR) is 210 cm³/mol. The molecule has 2 bridgehead atoms. The summed E-state index contributed by atoms with van der Waals surface area (Å²) in [4.78, 5) is 28.6. The Balaban J connectivity index is 2.19. The van der Waals surface area contributed by atoms with Crippen LogP contribution in [0.5, 0.6) is 0 Å². The van der Waals surface area contributed by atoms with Crippen LogP contribution in [0.25, 0.3) is 0 Å². The summed E-state index contributed by atoms with van der Waals surface area (Å²) in [7, 11) is 0. The molecule has 0 aliphatic heterocycles. The smallest absolute Gasteiger partial charge is 0.309 e. The number of carbonyl (C=O) groups is 2. The van der Waals surface area contributed by atoms with Crippen LogP contribution in [0.3, 0.4) is 0 Å². The molecule has 2 aliphatic carbocycles. The number of allylic oxidation sites excluding steroid dienone is 1. The van der Waals surface area contributed by atoms with Gasteiger partial charge >= 0.3 is 11.9 Å². The maximum atomic E-state index is 16.3. The zero-order valence-corrected chi connectivity index (χ0v) is 34.9. The van der Waals surface area contributed by atoms with Crippen LogP contribution in [0.1, 0.15) is 184 Å². The zero-order chi connectivity index (χ0) is 38.9. The average molecular weight is 740 g/mol. The van der Waals surface area contributed by atoms with E-state index in [-0.39, 0.29) is 41.7 Å². The highest BCUT2D eigenvalue weighted by Gasteiger charge is 2.55. The van der Waals surface area contributed by atoms with E-state index >= 15 is 8.78 Å². The van der Waals surface area contributed by atoms with Gasteiger partial charge in [-0.25, -0.2) is 8.78 Å². The van der Waals surface area contributed by atoms with E-state index in [0.29, 0.717) is 50.6 Å². The summed E-state index contributed by atoms with van der Waals surface area (Å²) in [6.07, 6.45) is 13.8. The molecular weight excluding hydrogens is 660 g/mol. The Morgan fingerprint density at radius 3 is 1.79 bits per heavy atom. The Labute approximate surface area is 317 Å². The van der Waals surface area contributed by atoms with Gasteiger partial charge in [0.1, 0.15) is 11.3 Å². The van der Waals surface area contributed by atoms with Crippen molar-refractivity contribution >= 4 is 11.9 Å². The molecule has 0 amide bonds. The van der Waals surface area contributed by atoms with Crippen LogP contribution in [-0.2, 0) is 23.8 Å². The lowest BCUT2D eigenvalue weighted by Gasteiger charge is -2.57. The van der Waals surface area contributed by atoms with E-state index in [1.54, 1.807) is 6.92 Å². The van der Waals surface area contributed by atoms with Gasteiger partial charge in [0.2, 0.25) is 0 Å². The number of ether oxygens (including phenoxy) is 3. The van der Waals surface area contributed by atoms with Crippen molar-refractivity contribution in [3.8, 4) is 0 Å². The van der Waals surface area contributed by atoms with Crippen molar-refractivity contribution in [3.63, 3.8) is 0 Å². The second-order valence-corrected chi connectivity index (χ2v) is 18.2. The molecule has 0 aromatic heterocycles. The van der Waals surface area contributed by atoms with Gasteiger partial charge in [-0.2, -0.15) is 0 Å². The van der Waals surface area contributed by atoms with Gasteiger partial charge in [0.25, 0.3) is 0 Å². The van der Waals surface area contributed by atoms with Crippen molar-refractivity contribution in [1.29, 1.82) is 0 Å². The van der Waals surface area contributed by atoms with Gasteiger partial charge < -0.3 is 19.1 Å². The monoisotopic (exact) mass is 740 g/mol. The molecule has 5 atom stereocenters. The summed E-state index contributed by atoms with van der Waals surface area (Å²) < 4.78 is 49.7. The molecule has 6 nitrogen and oxygen atoms in total. The number of hydrogen-bond donors (Lipinski definition) is 0. The standard InChI is InChI=1S/C44H79F2NO5/c1-10-15-18-23-44(46,24-19-16-11-2)30-39(49)52-35-43-29-37(27-40(7,31-43)33-50-36(6)26-42(9,45)22-17-12-3)28-41(8,32-43)34-51-38(48)21-20-25-47(13-4)14-5/h37H,6,10-35H2,1-5,7-9H3. The molecule has 52 heavy (non-hydrogen) atoms. The summed E-state index contributed by atoms with van der Waals surface area (Å²) in [5.41, 5.74) is -3.76. The van der Waals surface area contributed by atoms with Crippen LogP contribution in [0.2, 0.25) is 0 Å². The van der Waals surface area contributed by atoms with Crippen molar-refractivity contribution in [2.45, 2.75) is 195 Å². The third-order valence-corrected chi connectivity index (χ3v) is 11.9. The number of rotatable bonds is 28. The van der Waals surface area contributed by atoms with Gasteiger partial charge in [0.15, 0.2) is 0 Å². The normalized spacial score (nSPS) is 25.8. The van der Waals surface area contributed by atoms with E-state index in [1.165, 1.54) is 0 Å². The highest BCUT2D eigenvalue weighted by Crippen LogP contribution is 2.61. The van der Waals surface area contributed by atoms with Crippen LogP contribution < -0.4 is 0 Å². The van der Waals surface area contributed by atoms with Crippen molar-refractivity contribution < 1.29 is 32.6 Å². The van der Waals surface area contributed by atoms with Gasteiger partial charge in [-0.3, -0.25) is 9.59 Å². The largest absolute Gasteiger partial charge is 0.498 e. The van der Waals surface area contributed by atoms with E-state index in [9.17, 15) is 9.59 Å². The van der Waals surface area contributed by atoms with Crippen LogP contribution >= 0.6 is 0 Å². The number of esters is 2. The molecule has 0 heterocycles. The zero-order valence-electron chi connectivity index (χ0n) is 34.9. The van der Waals surface area contributed by atoms with Gasteiger partial charge in [0.05, 0.1) is 32.0 Å². The Morgan fingerprint density at radius 1 is 0.712 bits per heavy atom. The van der Waals surface area contributed by atoms with Crippen LogP contribution in [-0.4, -0.2) is 67.6 Å². The summed E-state index contributed by atoms with van der Waals surface area (Å²) in [6, 6.07) is 0. The average Bonchev–Trinajstić information content (AvgIpc) is 3.06. The molecule has 8 heteroatoms.